The molecule has 1 amide bonds. The van der Waals surface area contributed by atoms with Crippen molar-refractivity contribution in [3.8, 4) is 10.6 Å². The molecular weight excluding hydrogens is 404 g/mol. The highest BCUT2D eigenvalue weighted by Crippen LogP contribution is 2.25. The van der Waals surface area contributed by atoms with E-state index in [0.29, 0.717) is 5.13 Å². The number of rotatable bonds is 6. The Morgan fingerprint density at radius 1 is 1.17 bits per heavy atom. The van der Waals surface area contributed by atoms with E-state index < -0.39 is 0 Å². The molecule has 1 fully saturated rings. The second kappa shape index (κ2) is 9.13. The molecule has 2 aromatic heterocycles. The number of benzene rings is 1. The molecule has 0 atom stereocenters. The van der Waals surface area contributed by atoms with Crippen molar-refractivity contribution in [2.24, 2.45) is 0 Å². The molecule has 0 bridgehead atoms. The predicted octanol–water partition coefficient (Wildman–Crippen LogP) is 3.90. The summed E-state index contributed by atoms with van der Waals surface area (Å²) in [5, 5.41) is 6.41. The number of carbonyl (C=O) groups excluding carboxylic acids is 1. The molecule has 0 unspecified atom stereocenters. The van der Waals surface area contributed by atoms with Crippen LogP contribution in [0.25, 0.3) is 10.6 Å². The second-order valence-electron chi connectivity index (χ2n) is 7.12. The van der Waals surface area contributed by atoms with E-state index in [1.807, 2.05) is 19.2 Å². The lowest BCUT2D eigenvalue weighted by Gasteiger charge is -2.26. The van der Waals surface area contributed by atoms with Crippen LogP contribution in [0.15, 0.2) is 29.6 Å². The fraction of sp³-hybridized carbons (Fsp3) is 0.381. The molecule has 8 heteroatoms. The van der Waals surface area contributed by atoms with Gasteiger partial charge in [0.25, 0.3) is 0 Å². The van der Waals surface area contributed by atoms with Gasteiger partial charge in [0.1, 0.15) is 5.01 Å². The minimum atomic E-state index is -0.0866. The number of amides is 1. The average molecular weight is 429 g/mol. The molecular formula is C21H24N4O2S2. The molecule has 6 nitrogen and oxygen atoms in total. The van der Waals surface area contributed by atoms with Crippen molar-refractivity contribution in [1.29, 1.82) is 0 Å². The number of nitrogens with zero attached hydrogens (tertiary/aromatic N) is 3. The third-order valence-electron chi connectivity index (χ3n) is 4.88. The van der Waals surface area contributed by atoms with Crippen molar-refractivity contribution < 1.29 is 9.53 Å². The van der Waals surface area contributed by atoms with Crippen LogP contribution in [0.5, 0.6) is 0 Å². The first kappa shape index (κ1) is 20.2. The Labute approximate surface area is 178 Å². The number of hydrogen-bond donors (Lipinski definition) is 1. The van der Waals surface area contributed by atoms with Gasteiger partial charge in [-0.25, -0.2) is 9.97 Å². The van der Waals surface area contributed by atoms with Crippen LogP contribution in [0.1, 0.15) is 21.8 Å². The van der Waals surface area contributed by atoms with Crippen molar-refractivity contribution in [3.05, 3.63) is 51.5 Å². The molecule has 3 heterocycles. The standard InChI is InChI=1S/C21H24N4O2S2/c1-14-15(2)29-21(22-14)24-19(26)11-18-13-28-20(23-18)17-5-3-16(4-6-17)12-25-7-9-27-10-8-25/h3-6,13H,7-12H2,1-2H3,(H,22,24,26). The molecule has 1 aliphatic heterocycles. The highest BCUT2D eigenvalue weighted by Gasteiger charge is 2.13. The summed E-state index contributed by atoms with van der Waals surface area (Å²) in [5.41, 5.74) is 4.11. The van der Waals surface area contributed by atoms with Gasteiger partial charge in [0.15, 0.2) is 5.13 Å². The number of aryl methyl sites for hydroxylation is 2. The molecule has 0 saturated carbocycles. The molecule has 0 radical (unpaired) electrons. The lowest BCUT2D eigenvalue weighted by molar-refractivity contribution is -0.115. The molecule has 0 spiro atoms. The van der Waals surface area contributed by atoms with Crippen molar-refractivity contribution in [3.63, 3.8) is 0 Å². The van der Waals surface area contributed by atoms with E-state index in [9.17, 15) is 4.79 Å². The summed E-state index contributed by atoms with van der Waals surface area (Å²) < 4.78 is 5.40. The lowest BCUT2D eigenvalue weighted by atomic mass is 10.1. The van der Waals surface area contributed by atoms with Gasteiger partial charge in [-0.05, 0) is 19.4 Å². The molecule has 0 aliphatic carbocycles. The number of hydrogen-bond acceptors (Lipinski definition) is 7. The summed E-state index contributed by atoms with van der Waals surface area (Å²) in [5.74, 6) is -0.0866. The summed E-state index contributed by atoms with van der Waals surface area (Å²) in [6.07, 6.45) is 0.253. The highest BCUT2D eigenvalue weighted by molar-refractivity contribution is 7.15. The molecule has 1 saturated heterocycles. The summed E-state index contributed by atoms with van der Waals surface area (Å²) in [6.45, 7) is 8.49. The van der Waals surface area contributed by atoms with Crippen LogP contribution >= 0.6 is 22.7 Å². The van der Waals surface area contributed by atoms with Crippen molar-refractivity contribution in [2.45, 2.75) is 26.8 Å². The van der Waals surface area contributed by atoms with E-state index in [0.717, 1.165) is 59.7 Å². The third kappa shape index (κ3) is 5.27. The number of aromatic nitrogens is 2. The SMILES string of the molecule is Cc1nc(NC(=O)Cc2csc(-c3ccc(CN4CCOCC4)cc3)n2)sc1C. The maximum absolute atomic E-state index is 12.3. The summed E-state index contributed by atoms with van der Waals surface area (Å²) in [4.78, 5) is 24.8. The Morgan fingerprint density at radius 2 is 1.93 bits per heavy atom. The minimum Gasteiger partial charge on any atom is -0.379 e. The van der Waals surface area contributed by atoms with Crippen molar-refractivity contribution >= 4 is 33.7 Å². The Kier molecular flexibility index (Phi) is 6.34. The van der Waals surface area contributed by atoms with Gasteiger partial charge in [0, 0.05) is 35.5 Å². The zero-order valence-electron chi connectivity index (χ0n) is 16.6. The smallest absolute Gasteiger partial charge is 0.232 e. The highest BCUT2D eigenvalue weighted by atomic mass is 32.1. The van der Waals surface area contributed by atoms with Crippen LogP contribution in [0.4, 0.5) is 5.13 Å². The molecule has 1 N–H and O–H groups in total. The van der Waals surface area contributed by atoms with Crippen LogP contribution in [0, 0.1) is 13.8 Å². The van der Waals surface area contributed by atoms with Crippen LogP contribution in [0.2, 0.25) is 0 Å². The molecule has 29 heavy (non-hydrogen) atoms. The topological polar surface area (TPSA) is 67.4 Å². The lowest BCUT2D eigenvalue weighted by Crippen LogP contribution is -2.35. The first-order valence-corrected chi connectivity index (χ1v) is 11.3. The predicted molar refractivity (Wildman–Crippen MR) is 118 cm³/mol. The third-order valence-corrected chi connectivity index (χ3v) is 6.81. The number of morpholine rings is 1. The molecule has 3 aromatic rings. The zero-order chi connectivity index (χ0) is 20.2. The Hall–Kier alpha value is -2.13. The fourth-order valence-electron chi connectivity index (χ4n) is 3.15. The summed E-state index contributed by atoms with van der Waals surface area (Å²) in [7, 11) is 0. The summed E-state index contributed by atoms with van der Waals surface area (Å²) >= 11 is 3.07. The Bertz CT molecular complexity index is 955. The van der Waals surface area contributed by atoms with Gasteiger partial charge in [0.2, 0.25) is 5.91 Å². The van der Waals surface area contributed by atoms with Crippen molar-refractivity contribution in [1.82, 2.24) is 14.9 Å². The van der Waals surface area contributed by atoms with E-state index in [2.05, 4.69) is 44.5 Å². The Morgan fingerprint density at radius 3 is 2.62 bits per heavy atom. The first-order valence-electron chi connectivity index (χ1n) is 9.64. The van der Waals surface area contributed by atoms with E-state index in [-0.39, 0.29) is 12.3 Å². The Balaban J connectivity index is 1.34. The molecule has 4 rings (SSSR count). The van der Waals surface area contributed by atoms with Crippen molar-refractivity contribution in [2.75, 3.05) is 31.6 Å². The number of anilines is 1. The quantitative estimate of drug-likeness (QED) is 0.645. The van der Waals surface area contributed by atoms with Gasteiger partial charge in [-0.3, -0.25) is 9.69 Å². The van der Waals surface area contributed by atoms with E-state index in [4.69, 9.17) is 4.74 Å². The van der Waals surface area contributed by atoms with Crippen LogP contribution < -0.4 is 5.32 Å². The molecule has 152 valence electrons. The van der Waals surface area contributed by atoms with Crippen LogP contribution in [0.3, 0.4) is 0 Å². The fourth-order valence-corrected chi connectivity index (χ4v) is 4.80. The average Bonchev–Trinajstić information content (AvgIpc) is 3.29. The van der Waals surface area contributed by atoms with E-state index in [1.165, 1.54) is 16.9 Å². The largest absolute Gasteiger partial charge is 0.379 e. The number of nitrogens with one attached hydrogen (secondary N) is 1. The normalized spacial score (nSPS) is 14.8. The van der Waals surface area contributed by atoms with Gasteiger partial charge < -0.3 is 10.1 Å². The number of carbonyl (C=O) groups is 1. The van der Waals surface area contributed by atoms with Gasteiger partial charge in [-0.15, -0.1) is 22.7 Å². The monoisotopic (exact) mass is 428 g/mol. The second-order valence-corrected chi connectivity index (χ2v) is 9.18. The van der Waals surface area contributed by atoms with Crippen LogP contribution in [-0.2, 0) is 22.5 Å². The number of thiazole rings is 2. The molecule has 1 aromatic carbocycles. The number of ether oxygens (including phenoxy) is 1. The van der Waals surface area contributed by atoms with Gasteiger partial charge in [0.05, 0.1) is 31.0 Å². The maximum Gasteiger partial charge on any atom is 0.232 e. The van der Waals surface area contributed by atoms with Gasteiger partial charge in [-0.2, -0.15) is 0 Å². The van der Waals surface area contributed by atoms with E-state index >= 15 is 0 Å². The first-order chi connectivity index (χ1) is 14.1. The van der Waals surface area contributed by atoms with E-state index in [1.54, 1.807) is 11.3 Å². The van der Waals surface area contributed by atoms with Crippen LogP contribution in [-0.4, -0.2) is 47.1 Å². The molecule has 1 aliphatic rings. The minimum absolute atomic E-state index is 0.0866. The van der Waals surface area contributed by atoms with Gasteiger partial charge in [-0.1, -0.05) is 24.3 Å². The zero-order valence-corrected chi connectivity index (χ0v) is 18.2. The van der Waals surface area contributed by atoms with Gasteiger partial charge >= 0.3 is 0 Å². The maximum atomic E-state index is 12.3. The summed E-state index contributed by atoms with van der Waals surface area (Å²) in [6, 6.07) is 8.54.